The Hall–Kier alpha value is -3.15. The van der Waals surface area contributed by atoms with E-state index in [1.807, 2.05) is 6.07 Å². The zero-order valence-electron chi connectivity index (χ0n) is 12.9. The van der Waals surface area contributed by atoms with E-state index in [-0.39, 0.29) is 11.6 Å². The second-order valence-corrected chi connectivity index (χ2v) is 5.15. The molecule has 2 aromatic carbocycles. The maximum absolute atomic E-state index is 13.9. The van der Waals surface area contributed by atoms with Crippen LogP contribution in [0.4, 0.5) is 10.2 Å². The van der Waals surface area contributed by atoms with Gasteiger partial charge in [0.15, 0.2) is 17.4 Å². The van der Waals surface area contributed by atoms with Crippen LogP contribution >= 0.6 is 0 Å². The van der Waals surface area contributed by atoms with E-state index in [0.29, 0.717) is 11.3 Å². The molecule has 6 heteroatoms. The van der Waals surface area contributed by atoms with E-state index < -0.39 is 17.8 Å². The average Bonchev–Trinajstić information content (AvgIpc) is 2.99. The zero-order valence-corrected chi connectivity index (χ0v) is 12.9. The monoisotopic (exact) mass is 326 g/mol. The number of amides is 1. The third kappa shape index (κ3) is 3.60. The first kappa shape index (κ1) is 15.7. The average molecular weight is 326 g/mol. The summed E-state index contributed by atoms with van der Waals surface area (Å²) in [7, 11) is 0. The zero-order chi connectivity index (χ0) is 16.9. The van der Waals surface area contributed by atoms with Gasteiger partial charge in [-0.1, -0.05) is 47.6 Å². The van der Waals surface area contributed by atoms with Gasteiger partial charge in [-0.05, 0) is 19.1 Å². The van der Waals surface area contributed by atoms with Gasteiger partial charge in [0.1, 0.15) is 5.76 Å². The number of carbonyl (C=O) groups excluding carboxylic acids is 1. The predicted octanol–water partition coefficient (Wildman–Crippen LogP) is 3.88. The molecule has 3 rings (SSSR count). The molecular formula is C18H15FN2O3. The first-order valence-electron chi connectivity index (χ1n) is 7.34. The molecule has 1 heterocycles. The molecule has 0 saturated heterocycles. The van der Waals surface area contributed by atoms with E-state index in [2.05, 4.69) is 10.5 Å². The lowest BCUT2D eigenvalue weighted by molar-refractivity contribution is -0.123. The van der Waals surface area contributed by atoms with Crippen LogP contribution in [0.5, 0.6) is 5.75 Å². The number of ether oxygens (including phenoxy) is 1. The normalized spacial score (nSPS) is 11.8. The second kappa shape index (κ2) is 6.95. The number of rotatable bonds is 5. The Labute approximate surface area is 138 Å². The van der Waals surface area contributed by atoms with Crippen molar-refractivity contribution in [2.75, 3.05) is 5.32 Å². The fourth-order valence-electron chi connectivity index (χ4n) is 2.19. The summed E-state index contributed by atoms with van der Waals surface area (Å²) in [6.45, 7) is 1.72. The molecular weight excluding hydrogens is 311 g/mol. The van der Waals surface area contributed by atoms with Gasteiger partial charge in [-0.25, -0.2) is 4.39 Å². The number of nitrogens with zero attached hydrogens (tertiary/aromatic N) is 1. The van der Waals surface area contributed by atoms with Crippen LogP contribution in [-0.4, -0.2) is 11.1 Å². The molecule has 1 aromatic heterocycles. The molecule has 1 atom stereocenters. The number of nitrogens with one attached hydrogen (secondary N) is 1. The third-order valence-corrected chi connectivity index (χ3v) is 3.30. The molecule has 0 bridgehead atoms. The summed E-state index contributed by atoms with van der Waals surface area (Å²) in [5.41, 5.74) is 0.596. The van der Waals surface area contributed by atoms with E-state index in [1.54, 1.807) is 49.4 Å². The molecule has 1 amide bonds. The van der Waals surface area contributed by atoms with Crippen molar-refractivity contribution in [3.63, 3.8) is 0 Å². The van der Waals surface area contributed by atoms with Crippen molar-refractivity contribution in [2.24, 2.45) is 0 Å². The highest BCUT2D eigenvalue weighted by Crippen LogP contribution is 2.25. The summed E-state index contributed by atoms with van der Waals surface area (Å²) in [6, 6.07) is 16.4. The minimum atomic E-state index is -1.03. The van der Waals surface area contributed by atoms with Crippen LogP contribution in [0.15, 0.2) is 65.2 Å². The van der Waals surface area contributed by atoms with Crippen LogP contribution in [0.25, 0.3) is 0 Å². The molecule has 0 aliphatic heterocycles. The molecule has 5 nitrogen and oxygen atoms in total. The Morgan fingerprint density at radius 3 is 2.54 bits per heavy atom. The van der Waals surface area contributed by atoms with Crippen molar-refractivity contribution in [2.45, 2.75) is 13.0 Å². The molecule has 122 valence electrons. The molecule has 0 aliphatic rings. The van der Waals surface area contributed by atoms with Crippen molar-refractivity contribution >= 4 is 11.7 Å². The summed E-state index contributed by atoms with van der Waals surface area (Å²) >= 11 is 0. The van der Waals surface area contributed by atoms with E-state index >= 15 is 0 Å². The molecule has 24 heavy (non-hydrogen) atoms. The van der Waals surface area contributed by atoms with Crippen molar-refractivity contribution in [3.8, 4) is 5.75 Å². The van der Waals surface area contributed by atoms with Crippen LogP contribution < -0.4 is 10.1 Å². The van der Waals surface area contributed by atoms with E-state index in [1.165, 1.54) is 12.1 Å². The van der Waals surface area contributed by atoms with Gasteiger partial charge in [0.05, 0.1) is 0 Å². The molecule has 3 aromatic rings. The van der Waals surface area contributed by atoms with Gasteiger partial charge >= 0.3 is 0 Å². The first-order chi connectivity index (χ1) is 11.6. The molecule has 0 spiro atoms. The summed E-state index contributed by atoms with van der Waals surface area (Å²) in [5, 5.41) is 6.33. The highest BCUT2D eigenvalue weighted by Gasteiger charge is 2.24. The SMILES string of the molecule is Cc1cc(NC(=O)[C@H](Oc2ccccc2F)c2ccccc2)no1. The number of aryl methyl sites for hydroxylation is 1. The Balaban J connectivity index is 1.87. The minimum Gasteiger partial charge on any atom is -0.473 e. The predicted molar refractivity (Wildman–Crippen MR) is 86.1 cm³/mol. The van der Waals surface area contributed by atoms with Gasteiger partial charge in [0.2, 0.25) is 6.10 Å². The molecule has 0 unspecified atom stereocenters. The number of para-hydroxylation sites is 1. The Kier molecular flexibility index (Phi) is 4.56. The smallest absolute Gasteiger partial charge is 0.271 e. The third-order valence-electron chi connectivity index (χ3n) is 3.30. The van der Waals surface area contributed by atoms with E-state index in [0.717, 1.165) is 0 Å². The highest BCUT2D eigenvalue weighted by atomic mass is 19.1. The van der Waals surface area contributed by atoms with Crippen molar-refractivity contribution in [1.82, 2.24) is 5.16 Å². The lowest BCUT2D eigenvalue weighted by atomic mass is 10.1. The van der Waals surface area contributed by atoms with Gasteiger partial charge < -0.3 is 14.6 Å². The number of hydrogen-bond donors (Lipinski definition) is 1. The minimum absolute atomic E-state index is 0.00200. The Morgan fingerprint density at radius 2 is 1.88 bits per heavy atom. The maximum Gasteiger partial charge on any atom is 0.271 e. The van der Waals surface area contributed by atoms with Crippen LogP contribution in [0.1, 0.15) is 17.4 Å². The number of hydrogen-bond acceptors (Lipinski definition) is 4. The van der Waals surface area contributed by atoms with Gasteiger partial charge in [0, 0.05) is 11.6 Å². The van der Waals surface area contributed by atoms with Crippen LogP contribution in [0, 0.1) is 12.7 Å². The lowest BCUT2D eigenvalue weighted by Crippen LogP contribution is -2.26. The standard InChI is InChI=1S/C18H15FN2O3/c1-12-11-16(21-24-12)20-18(22)17(13-7-3-2-4-8-13)23-15-10-6-5-9-14(15)19/h2-11,17H,1H3,(H,20,21,22)/t17-/m1/s1. The van der Waals surface area contributed by atoms with E-state index in [4.69, 9.17) is 9.26 Å². The highest BCUT2D eigenvalue weighted by molar-refractivity contribution is 5.94. The number of aromatic nitrogens is 1. The first-order valence-corrected chi connectivity index (χ1v) is 7.34. The van der Waals surface area contributed by atoms with E-state index in [9.17, 15) is 9.18 Å². The van der Waals surface area contributed by atoms with Gasteiger partial charge in [-0.15, -0.1) is 0 Å². The molecule has 0 radical (unpaired) electrons. The van der Waals surface area contributed by atoms with Gasteiger partial charge in [-0.3, -0.25) is 4.79 Å². The number of carbonyl (C=O) groups is 1. The number of halogens is 1. The quantitative estimate of drug-likeness (QED) is 0.773. The maximum atomic E-state index is 13.9. The second-order valence-electron chi connectivity index (χ2n) is 5.15. The summed E-state index contributed by atoms with van der Waals surface area (Å²) in [4.78, 5) is 12.6. The molecule has 1 N–H and O–H groups in total. The Bertz CT molecular complexity index is 833. The van der Waals surface area contributed by atoms with Crippen molar-refractivity contribution in [3.05, 3.63) is 77.8 Å². The molecule has 0 aliphatic carbocycles. The summed E-state index contributed by atoms with van der Waals surface area (Å²) in [5.74, 6) is -0.175. The van der Waals surface area contributed by atoms with Crippen LogP contribution in [-0.2, 0) is 4.79 Å². The van der Waals surface area contributed by atoms with Crippen LogP contribution in [0.3, 0.4) is 0 Å². The van der Waals surface area contributed by atoms with Gasteiger partial charge in [-0.2, -0.15) is 0 Å². The molecule has 0 saturated carbocycles. The number of anilines is 1. The summed E-state index contributed by atoms with van der Waals surface area (Å²) < 4.78 is 24.4. The largest absolute Gasteiger partial charge is 0.473 e. The fraction of sp³-hybridized carbons (Fsp3) is 0.111. The number of benzene rings is 2. The summed E-state index contributed by atoms with van der Waals surface area (Å²) in [6.07, 6.45) is -1.03. The van der Waals surface area contributed by atoms with Crippen molar-refractivity contribution in [1.29, 1.82) is 0 Å². The Morgan fingerprint density at radius 1 is 1.17 bits per heavy atom. The topological polar surface area (TPSA) is 64.4 Å². The van der Waals surface area contributed by atoms with Crippen LogP contribution in [0.2, 0.25) is 0 Å². The molecule has 0 fully saturated rings. The van der Waals surface area contributed by atoms with Gasteiger partial charge in [0.25, 0.3) is 5.91 Å². The van der Waals surface area contributed by atoms with Crippen molar-refractivity contribution < 1.29 is 18.4 Å². The fourth-order valence-corrected chi connectivity index (χ4v) is 2.19. The lowest BCUT2D eigenvalue weighted by Gasteiger charge is -2.18.